The van der Waals surface area contributed by atoms with Crippen LogP contribution in [0.2, 0.25) is 0 Å². The summed E-state index contributed by atoms with van der Waals surface area (Å²) in [4.78, 5) is 13.4. The Morgan fingerprint density at radius 3 is 1.97 bits per heavy atom. The topological polar surface area (TPSA) is 38.7 Å². The highest BCUT2D eigenvalue weighted by Crippen LogP contribution is 2.32. The molecule has 0 spiro atoms. The minimum atomic E-state index is 0.727. The molecule has 0 N–H and O–H groups in total. The molecule has 0 aliphatic carbocycles. The highest BCUT2D eigenvalue weighted by Gasteiger charge is 2.09. The summed E-state index contributed by atoms with van der Waals surface area (Å²) in [7, 11) is 0. The maximum Gasteiger partial charge on any atom is 0.159 e. The van der Waals surface area contributed by atoms with Crippen LogP contribution in [0.25, 0.3) is 44.5 Å². The molecular formula is C31H27N3. The zero-order valence-electron chi connectivity index (χ0n) is 19.5. The van der Waals surface area contributed by atoms with E-state index in [0.29, 0.717) is 0 Å². The van der Waals surface area contributed by atoms with Crippen molar-refractivity contribution in [1.82, 2.24) is 15.0 Å². The van der Waals surface area contributed by atoms with Gasteiger partial charge >= 0.3 is 0 Å². The Labute approximate surface area is 201 Å². The third-order valence-corrected chi connectivity index (χ3v) is 5.41. The van der Waals surface area contributed by atoms with Crippen molar-refractivity contribution >= 4 is 10.9 Å². The molecule has 0 bridgehead atoms. The molecule has 3 nitrogen and oxygen atoms in total. The number of fused-ring (bicyclic) bond motifs is 1. The number of aryl methyl sites for hydroxylation is 1. The fourth-order valence-electron chi connectivity index (χ4n) is 3.68. The number of pyridine rings is 1. The van der Waals surface area contributed by atoms with E-state index in [1.54, 1.807) is 18.5 Å². The number of aromatic nitrogens is 3. The second kappa shape index (κ2) is 11.0. The summed E-state index contributed by atoms with van der Waals surface area (Å²) in [6.07, 6.45) is 11.0. The van der Waals surface area contributed by atoms with Crippen LogP contribution in [-0.2, 0) is 0 Å². The summed E-state index contributed by atoms with van der Waals surface area (Å²) in [5, 5.41) is 1.13. The van der Waals surface area contributed by atoms with Gasteiger partial charge in [0.15, 0.2) is 5.82 Å². The predicted octanol–water partition coefficient (Wildman–Crippen LogP) is 8.08. The molecule has 0 amide bonds. The average Bonchev–Trinajstić information content (AvgIpc) is 2.90. The van der Waals surface area contributed by atoms with Crippen molar-refractivity contribution in [2.24, 2.45) is 0 Å². The summed E-state index contributed by atoms with van der Waals surface area (Å²) in [5.41, 5.74) is 7.86. The lowest BCUT2D eigenvalue weighted by molar-refractivity contribution is 1.18. The van der Waals surface area contributed by atoms with Crippen molar-refractivity contribution in [2.45, 2.75) is 13.8 Å². The van der Waals surface area contributed by atoms with Crippen LogP contribution in [0.15, 0.2) is 122 Å². The fraction of sp³-hybridized carbons (Fsp3) is 0.0645. The van der Waals surface area contributed by atoms with Crippen molar-refractivity contribution in [1.29, 1.82) is 0 Å². The molecular weight excluding hydrogens is 414 g/mol. The van der Waals surface area contributed by atoms with Gasteiger partial charge in [0.25, 0.3) is 0 Å². The van der Waals surface area contributed by atoms with E-state index in [-0.39, 0.29) is 0 Å². The van der Waals surface area contributed by atoms with Gasteiger partial charge in [0.1, 0.15) is 0 Å². The Kier molecular flexibility index (Phi) is 7.36. The lowest BCUT2D eigenvalue weighted by atomic mass is 9.95. The van der Waals surface area contributed by atoms with Crippen molar-refractivity contribution in [3.8, 4) is 33.6 Å². The largest absolute Gasteiger partial charge is 0.256 e. The van der Waals surface area contributed by atoms with Gasteiger partial charge < -0.3 is 0 Å². The Morgan fingerprint density at radius 2 is 1.29 bits per heavy atom. The fourth-order valence-corrected chi connectivity index (χ4v) is 3.68. The van der Waals surface area contributed by atoms with E-state index in [1.807, 2.05) is 37.4 Å². The minimum absolute atomic E-state index is 0.727. The summed E-state index contributed by atoms with van der Waals surface area (Å²) >= 11 is 0. The molecule has 0 aliphatic rings. The van der Waals surface area contributed by atoms with Gasteiger partial charge in [-0.15, -0.1) is 0 Å². The number of hydrogen-bond acceptors (Lipinski definition) is 3. The van der Waals surface area contributed by atoms with Crippen molar-refractivity contribution in [2.75, 3.05) is 0 Å². The van der Waals surface area contributed by atoms with E-state index < -0.39 is 0 Å². The van der Waals surface area contributed by atoms with Gasteiger partial charge in [-0.05, 0) is 78.6 Å². The quantitative estimate of drug-likeness (QED) is 0.265. The molecule has 166 valence electrons. The molecule has 5 rings (SSSR count). The second-order valence-corrected chi connectivity index (χ2v) is 7.91. The van der Waals surface area contributed by atoms with Crippen molar-refractivity contribution in [3.63, 3.8) is 0 Å². The number of rotatable bonds is 4. The molecule has 0 radical (unpaired) electrons. The van der Waals surface area contributed by atoms with Crippen LogP contribution in [0.5, 0.6) is 0 Å². The van der Waals surface area contributed by atoms with Crippen LogP contribution < -0.4 is 0 Å². The molecule has 3 heteroatoms. The van der Waals surface area contributed by atoms with Crippen LogP contribution >= 0.6 is 0 Å². The van der Waals surface area contributed by atoms with E-state index in [0.717, 1.165) is 39.0 Å². The monoisotopic (exact) mass is 441 g/mol. The molecule has 3 aromatic carbocycles. The first-order chi connectivity index (χ1) is 16.7. The molecule has 0 fully saturated rings. The molecule has 0 saturated carbocycles. The molecule has 34 heavy (non-hydrogen) atoms. The average molecular weight is 442 g/mol. The summed E-state index contributed by atoms with van der Waals surface area (Å²) in [6.45, 7) is 7.53. The zero-order valence-corrected chi connectivity index (χ0v) is 19.5. The molecule has 2 aromatic heterocycles. The third kappa shape index (κ3) is 5.51. The van der Waals surface area contributed by atoms with Gasteiger partial charge in [0.05, 0.1) is 5.52 Å². The molecule has 2 heterocycles. The first-order valence-electron chi connectivity index (χ1n) is 11.3. The van der Waals surface area contributed by atoms with E-state index in [4.69, 9.17) is 0 Å². The maximum atomic E-state index is 4.46. The van der Waals surface area contributed by atoms with Gasteiger partial charge in [0.2, 0.25) is 0 Å². The lowest BCUT2D eigenvalue weighted by Crippen LogP contribution is -1.90. The molecule has 0 atom stereocenters. The zero-order chi connectivity index (χ0) is 23.8. The first kappa shape index (κ1) is 22.8. The first-order valence-corrected chi connectivity index (χ1v) is 11.3. The van der Waals surface area contributed by atoms with Gasteiger partial charge in [0, 0.05) is 29.5 Å². The molecule has 0 unspecified atom stereocenters. The standard InChI is InChI=1S/C26H19N3.C5H8/c1-18-5-7-19(8-6-18)22-15-23(17-24(16-22)26-28-12-3-13-29-26)20-9-10-25-21(14-20)4-2-11-27-25;1-3-5-4-2/h2-17H,1H3;3-5H,1H2,2H3/b;5-4-. The van der Waals surface area contributed by atoms with E-state index >= 15 is 0 Å². The molecule has 5 aromatic rings. The summed E-state index contributed by atoms with van der Waals surface area (Å²) in [6, 6.07) is 27.4. The summed E-state index contributed by atoms with van der Waals surface area (Å²) < 4.78 is 0. The van der Waals surface area contributed by atoms with E-state index in [1.165, 1.54) is 11.1 Å². The Hall–Kier alpha value is -4.37. The Morgan fingerprint density at radius 1 is 0.647 bits per heavy atom. The van der Waals surface area contributed by atoms with Crippen LogP contribution in [0, 0.1) is 6.92 Å². The number of hydrogen-bond donors (Lipinski definition) is 0. The normalized spacial score (nSPS) is 10.6. The Balaban J connectivity index is 0.000000499. The molecule has 0 aliphatic heterocycles. The predicted molar refractivity (Wildman–Crippen MR) is 143 cm³/mol. The SMILES string of the molecule is C=C/C=C\C.Cc1ccc(-c2cc(-c3ccc4ncccc4c3)cc(-c3ncccn3)c2)cc1. The maximum absolute atomic E-state index is 4.46. The van der Waals surface area contributed by atoms with Crippen LogP contribution in [0.3, 0.4) is 0 Å². The summed E-state index contributed by atoms with van der Waals surface area (Å²) in [5.74, 6) is 0.727. The van der Waals surface area contributed by atoms with Crippen LogP contribution in [-0.4, -0.2) is 15.0 Å². The van der Waals surface area contributed by atoms with Crippen molar-refractivity contribution in [3.05, 3.63) is 128 Å². The smallest absolute Gasteiger partial charge is 0.159 e. The second-order valence-electron chi connectivity index (χ2n) is 7.91. The highest BCUT2D eigenvalue weighted by atomic mass is 14.8. The van der Waals surface area contributed by atoms with E-state index in [2.05, 4.69) is 95.2 Å². The number of nitrogens with zero attached hydrogens (tertiary/aromatic N) is 3. The van der Waals surface area contributed by atoms with Crippen LogP contribution in [0.1, 0.15) is 12.5 Å². The highest BCUT2D eigenvalue weighted by molar-refractivity contribution is 5.86. The van der Waals surface area contributed by atoms with Gasteiger partial charge in [-0.3, -0.25) is 4.98 Å². The van der Waals surface area contributed by atoms with Gasteiger partial charge in [-0.2, -0.15) is 0 Å². The molecule has 0 saturated heterocycles. The lowest BCUT2D eigenvalue weighted by Gasteiger charge is -2.11. The van der Waals surface area contributed by atoms with Crippen molar-refractivity contribution < 1.29 is 0 Å². The van der Waals surface area contributed by atoms with E-state index in [9.17, 15) is 0 Å². The number of allylic oxidation sites excluding steroid dienone is 3. The third-order valence-electron chi connectivity index (χ3n) is 5.41. The van der Waals surface area contributed by atoms with Crippen LogP contribution in [0.4, 0.5) is 0 Å². The van der Waals surface area contributed by atoms with Gasteiger partial charge in [-0.25, -0.2) is 9.97 Å². The number of benzene rings is 3. The minimum Gasteiger partial charge on any atom is -0.256 e. The Bertz CT molecular complexity index is 1420. The van der Waals surface area contributed by atoms with Gasteiger partial charge in [-0.1, -0.05) is 66.8 Å².